The number of nitrogens with zero attached hydrogens (tertiary/aromatic N) is 1. The topological polar surface area (TPSA) is 83.6 Å². The monoisotopic (exact) mass is 408 g/mol. The summed E-state index contributed by atoms with van der Waals surface area (Å²) < 4.78 is 54.3. The van der Waals surface area contributed by atoms with Crippen molar-refractivity contribution >= 4 is 25.7 Å². The highest BCUT2D eigenvalue weighted by molar-refractivity contribution is 7.92. The highest BCUT2D eigenvalue weighted by Crippen LogP contribution is 2.26. The van der Waals surface area contributed by atoms with E-state index in [4.69, 9.17) is 0 Å². The van der Waals surface area contributed by atoms with E-state index < -0.39 is 20.0 Å². The Bertz CT molecular complexity index is 972. The molecule has 0 spiro atoms. The van der Waals surface area contributed by atoms with Crippen LogP contribution in [0.4, 0.5) is 5.69 Å². The molecule has 6 nitrogen and oxygen atoms in total. The van der Waals surface area contributed by atoms with Crippen LogP contribution in [0.2, 0.25) is 0 Å². The van der Waals surface area contributed by atoms with Crippen molar-refractivity contribution in [3.63, 3.8) is 0 Å². The van der Waals surface area contributed by atoms with Gasteiger partial charge in [-0.05, 0) is 49.6 Å². The predicted octanol–water partition coefficient (Wildman–Crippen LogP) is 3.19. The summed E-state index contributed by atoms with van der Waals surface area (Å²) in [6.07, 6.45) is 2.76. The van der Waals surface area contributed by atoms with Gasteiger partial charge < -0.3 is 0 Å². The molecule has 1 heterocycles. The largest absolute Gasteiger partial charge is 0.283 e. The summed E-state index contributed by atoms with van der Waals surface area (Å²) >= 11 is 0. The quantitative estimate of drug-likeness (QED) is 0.796. The molecule has 1 atom stereocenters. The second-order valence-electron chi connectivity index (χ2n) is 6.83. The van der Waals surface area contributed by atoms with Crippen molar-refractivity contribution in [2.45, 2.75) is 42.9 Å². The van der Waals surface area contributed by atoms with Gasteiger partial charge in [0.2, 0.25) is 20.0 Å². The molecular weight excluding hydrogens is 384 g/mol. The van der Waals surface area contributed by atoms with E-state index in [1.54, 1.807) is 24.3 Å². The van der Waals surface area contributed by atoms with Gasteiger partial charge in [0.15, 0.2) is 0 Å². The molecule has 3 rings (SSSR count). The first-order valence-electron chi connectivity index (χ1n) is 8.94. The molecule has 1 aliphatic heterocycles. The van der Waals surface area contributed by atoms with Crippen LogP contribution in [0.25, 0.3) is 0 Å². The van der Waals surface area contributed by atoms with Gasteiger partial charge in [-0.1, -0.05) is 36.8 Å². The van der Waals surface area contributed by atoms with Crippen molar-refractivity contribution in [1.82, 2.24) is 4.31 Å². The SMILES string of the molecule is C[C@@H]1CCCCN1S(=O)(=O)c1ccc(NS(=O)(=O)Cc2ccccc2)cc1. The fourth-order valence-corrected chi connectivity index (χ4v) is 6.17. The average molecular weight is 409 g/mol. The third kappa shape index (κ3) is 4.88. The van der Waals surface area contributed by atoms with Gasteiger partial charge in [0.05, 0.1) is 10.6 Å². The summed E-state index contributed by atoms with van der Waals surface area (Å²) in [6, 6.07) is 14.8. The number of sulfonamides is 2. The lowest BCUT2D eigenvalue weighted by atomic mass is 10.1. The van der Waals surface area contributed by atoms with Crippen LogP contribution < -0.4 is 4.72 Å². The molecule has 1 aliphatic rings. The van der Waals surface area contributed by atoms with Crippen LogP contribution in [0.1, 0.15) is 31.7 Å². The second-order valence-corrected chi connectivity index (χ2v) is 10.4. The average Bonchev–Trinajstić information content (AvgIpc) is 2.62. The maximum absolute atomic E-state index is 12.8. The highest BCUT2D eigenvalue weighted by atomic mass is 32.2. The smallest absolute Gasteiger partial charge is 0.243 e. The van der Waals surface area contributed by atoms with Crippen molar-refractivity contribution in [3.05, 3.63) is 60.2 Å². The number of hydrogen-bond acceptors (Lipinski definition) is 4. The van der Waals surface area contributed by atoms with E-state index in [2.05, 4.69) is 4.72 Å². The molecular formula is C19H24N2O4S2. The first-order valence-corrected chi connectivity index (χ1v) is 12.0. The van der Waals surface area contributed by atoms with Gasteiger partial charge in [-0.2, -0.15) is 4.31 Å². The summed E-state index contributed by atoms with van der Waals surface area (Å²) in [6.45, 7) is 2.44. The first-order chi connectivity index (χ1) is 12.8. The van der Waals surface area contributed by atoms with Crippen molar-refractivity contribution < 1.29 is 16.8 Å². The van der Waals surface area contributed by atoms with E-state index in [1.165, 1.54) is 28.6 Å². The van der Waals surface area contributed by atoms with Gasteiger partial charge in [0.25, 0.3) is 0 Å². The zero-order valence-electron chi connectivity index (χ0n) is 15.2. The molecule has 2 aromatic rings. The Morgan fingerprint density at radius 1 is 0.963 bits per heavy atom. The van der Waals surface area contributed by atoms with Crippen LogP contribution in [0.3, 0.4) is 0 Å². The number of rotatable bonds is 6. The number of nitrogens with one attached hydrogen (secondary N) is 1. The Morgan fingerprint density at radius 3 is 2.26 bits per heavy atom. The molecule has 0 unspecified atom stereocenters. The van der Waals surface area contributed by atoms with Crippen LogP contribution in [0.5, 0.6) is 0 Å². The van der Waals surface area contributed by atoms with E-state index in [9.17, 15) is 16.8 Å². The molecule has 0 saturated carbocycles. The summed E-state index contributed by atoms with van der Waals surface area (Å²) in [5.41, 5.74) is 1.03. The molecule has 8 heteroatoms. The Labute approximate surface area is 161 Å². The van der Waals surface area contributed by atoms with E-state index >= 15 is 0 Å². The molecule has 0 aromatic heterocycles. The van der Waals surface area contributed by atoms with Crippen LogP contribution in [0.15, 0.2) is 59.5 Å². The van der Waals surface area contributed by atoms with E-state index in [-0.39, 0.29) is 16.7 Å². The van der Waals surface area contributed by atoms with Crippen LogP contribution in [-0.2, 0) is 25.8 Å². The Kier molecular flexibility index (Phi) is 5.88. The lowest BCUT2D eigenvalue weighted by Crippen LogP contribution is -2.41. The molecule has 0 radical (unpaired) electrons. The van der Waals surface area contributed by atoms with Crippen molar-refractivity contribution in [2.75, 3.05) is 11.3 Å². The minimum Gasteiger partial charge on any atom is -0.283 e. The van der Waals surface area contributed by atoms with Crippen LogP contribution in [-0.4, -0.2) is 33.7 Å². The second kappa shape index (κ2) is 8.00. The zero-order valence-corrected chi connectivity index (χ0v) is 16.8. The molecule has 1 saturated heterocycles. The van der Waals surface area contributed by atoms with E-state index in [0.29, 0.717) is 17.8 Å². The minimum atomic E-state index is -3.58. The Hall–Kier alpha value is -1.90. The molecule has 1 N–H and O–H groups in total. The maximum atomic E-state index is 12.8. The van der Waals surface area contributed by atoms with E-state index in [1.807, 2.05) is 13.0 Å². The Balaban J connectivity index is 1.73. The summed E-state index contributed by atoms with van der Waals surface area (Å²) in [7, 11) is -7.14. The molecule has 0 amide bonds. The number of piperidine rings is 1. The van der Waals surface area contributed by atoms with Gasteiger partial charge in [-0.3, -0.25) is 4.72 Å². The van der Waals surface area contributed by atoms with Crippen molar-refractivity contribution in [1.29, 1.82) is 0 Å². The number of benzene rings is 2. The normalized spacial score (nSPS) is 18.9. The number of anilines is 1. The maximum Gasteiger partial charge on any atom is 0.243 e. The van der Waals surface area contributed by atoms with Crippen LogP contribution in [0, 0.1) is 0 Å². The third-order valence-electron chi connectivity index (χ3n) is 4.68. The zero-order chi connectivity index (χ0) is 19.5. The van der Waals surface area contributed by atoms with Gasteiger partial charge in [-0.25, -0.2) is 16.8 Å². The molecule has 146 valence electrons. The first kappa shape index (κ1) is 19.9. The molecule has 1 fully saturated rings. The fraction of sp³-hybridized carbons (Fsp3) is 0.368. The minimum absolute atomic E-state index is 0.0206. The highest BCUT2D eigenvalue weighted by Gasteiger charge is 2.30. The standard InChI is InChI=1S/C19H24N2O4S2/c1-16-7-5-6-14-21(16)27(24,25)19-12-10-18(11-13-19)20-26(22,23)15-17-8-3-2-4-9-17/h2-4,8-13,16,20H,5-7,14-15H2,1H3/t16-/m1/s1. The lowest BCUT2D eigenvalue weighted by Gasteiger charge is -2.32. The van der Waals surface area contributed by atoms with Crippen molar-refractivity contribution in [3.8, 4) is 0 Å². The lowest BCUT2D eigenvalue weighted by molar-refractivity contribution is 0.268. The van der Waals surface area contributed by atoms with Gasteiger partial charge >= 0.3 is 0 Å². The summed E-state index contributed by atoms with van der Waals surface area (Å²) in [4.78, 5) is 0.183. The molecule has 0 bridgehead atoms. The Morgan fingerprint density at radius 2 is 1.63 bits per heavy atom. The van der Waals surface area contributed by atoms with Crippen molar-refractivity contribution in [2.24, 2.45) is 0 Å². The van der Waals surface area contributed by atoms with Gasteiger partial charge in [0, 0.05) is 18.3 Å². The third-order valence-corrected chi connectivity index (χ3v) is 7.96. The van der Waals surface area contributed by atoms with Gasteiger partial charge in [-0.15, -0.1) is 0 Å². The summed E-state index contributed by atoms with van der Waals surface area (Å²) in [5, 5.41) is 0. The van der Waals surface area contributed by atoms with Crippen LogP contribution >= 0.6 is 0 Å². The molecule has 2 aromatic carbocycles. The summed E-state index contributed by atoms with van der Waals surface area (Å²) in [5.74, 6) is -0.140. The van der Waals surface area contributed by atoms with E-state index in [0.717, 1.165) is 19.3 Å². The molecule has 27 heavy (non-hydrogen) atoms. The predicted molar refractivity (Wildman–Crippen MR) is 106 cm³/mol. The van der Waals surface area contributed by atoms with Gasteiger partial charge in [0.1, 0.15) is 0 Å². The fourth-order valence-electron chi connectivity index (χ4n) is 3.27. The molecule has 0 aliphatic carbocycles. The number of hydrogen-bond donors (Lipinski definition) is 1.